The van der Waals surface area contributed by atoms with E-state index in [4.69, 9.17) is 15.2 Å². The van der Waals surface area contributed by atoms with E-state index in [0.29, 0.717) is 30.2 Å². The van der Waals surface area contributed by atoms with Crippen LogP contribution in [0.25, 0.3) is 11.2 Å². The summed E-state index contributed by atoms with van der Waals surface area (Å²) >= 11 is 0. The minimum absolute atomic E-state index is 0.207. The van der Waals surface area contributed by atoms with Gasteiger partial charge in [-0.3, -0.25) is 4.57 Å². The third-order valence-electron chi connectivity index (χ3n) is 4.61. The van der Waals surface area contributed by atoms with Gasteiger partial charge in [0.25, 0.3) is 0 Å². The molecule has 138 valence electrons. The van der Waals surface area contributed by atoms with Crippen LogP contribution in [0.5, 0.6) is 6.01 Å². The Balaban J connectivity index is 1.72. The van der Waals surface area contributed by atoms with E-state index in [1.807, 2.05) is 0 Å². The molecule has 0 amide bonds. The summed E-state index contributed by atoms with van der Waals surface area (Å²) in [6.07, 6.45) is 6.21. The zero-order valence-corrected chi connectivity index (χ0v) is 14.8. The van der Waals surface area contributed by atoms with Crippen LogP contribution in [0.2, 0.25) is 0 Å². The fourth-order valence-corrected chi connectivity index (χ4v) is 3.18. The lowest BCUT2D eigenvalue weighted by Crippen LogP contribution is -2.20. The normalized spacial score (nSPS) is 17.9. The maximum Gasteiger partial charge on any atom is 0.327 e. The Hall–Kier alpha value is -2.09. The fraction of sp³-hybridized carbons (Fsp3) is 0.706. The number of nitrogens with zero attached hydrogens (tertiary/aromatic N) is 3. The van der Waals surface area contributed by atoms with Gasteiger partial charge in [0.2, 0.25) is 0 Å². The number of unbranched alkanes of at least 4 members (excludes halogenated alkanes) is 1. The van der Waals surface area contributed by atoms with E-state index in [1.165, 1.54) is 6.42 Å². The number of hydrogen-bond donors (Lipinski definition) is 2. The first kappa shape index (κ1) is 17.7. The van der Waals surface area contributed by atoms with Crippen LogP contribution in [0.4, 0.5) is 5.82 Å². The molecule has 0 spiro atoms. The first-order valence-electron chi connectivity index (χ1n) is 9.15. The van der Waals surface area contributed by atoms with E-state index >= 15 is 0 Å². The Morgan fingerprint density at radius 2 is 2.28 bits per heavy atom. The average Bonchev–Trinajstić information content (AvgIpc) is 2.93. The minimum atomic E-state index is -0.207. The Kier molecular flexibility index (Phi) is 5.91. The number of ether oxygens (including phenoxy) is 2. The second-order valence-electron chi connectivity index (χ2n) is 6.60. The molecule has 0 aromatic carbocycles. The van der Waals surface area contributed by atoms with E-state index in [1.54, 1.807) is 4.57 Å². The minimum Gasteiger partial charge on any atom is -0.463 e. The van der Waals surface area contributed by atoms with Gasteiger partial charge in [-0.2, -0.15) is 9.97 Å². The number of rotatable bonds is 8. The number of aromatic amines is 1. The molecule has 0 radical (unpaired) electrons. The molecule has 1 aliphatic rings. The Bertz CT molecular complexity index is 749. The molecule has 1 unspecified atom stereocenters. The van der Waals surface area contributed by atoms with Crippen LogP contribution in [0.1, 0.15) is 45.4 Å². The number of nitrogen functional groups attached to an aromatic ring is 1. The quantitative estimate of drug-likeness (QED) is 0.707. The van der Waals surface area contributed by atoms with E-state index < -0.39 is 0 Å². The van der Waals surface area contributed by atoms with Crippen molar-refractivity contribution in [3.8, 4) is 6.01 Å². The van der Waals surface area contributed by atoms with Crippen LogP contribution in [0.3, 0.4) is 0 Å². The summed E-state index contributed by atoms with van der Waals surface area (Å²) in [5.74, 6) is 0.829. The molecule has 0 saturated carbocycles. The van der Waals surface area contributed by atoms with Gasteiger partial charge in [-0.05, 0) is 38.0 Å². The smallest absolute Gasteiger partial charge is 0.327 e. The van der Waals surface area contributed by atoms with Crippen LogP contribution >= 0.6 is 0 Å². The maximum atomic E-state index is 12.3. The zero-order chi connectivity index (χ0) is 17.6. The molecule has 0 bridgehead atoms. The lowest BCUT2D eigenvalue weighted by atomic mass is 9.97. The van der Waals surface area contributed by atoms with E-state index in [2.05, 4.69) is 21.9 Å². The van der Waals surface area contributed by atoms with Gasteiger partial charge in [-0.15, -0.1) is 0 Å². The van der Waals surface area contributed by atoms with Crippen molar-refractivity contribution < 1.29 is 9.47 Å². The number of nitrogens with two attached hydrogens (primary N) is 1. The molecule has 25 heavy (non-hydrogen) atoms. The van der Waals surface area contributed by atoms with E-state index in [-0.39, 0.29) is 17.5 Å². The number of anilines is 1. The Morgan fingerprint density at radius 1 is 1.40 bits per heavy atom. The monoisotopic (exact) mass is 349 g/mol. The maximum absolute atomic E-state index is 12.3. The summed E-state index contributed by atoms with van der Waals surface area (Å²) in [7, 11) is 0. The van der Waals surface area contributed by atoms with Crippen LogP contribution in [-0.2, 0) is 11.3 Å². The number of aromatic nitrogens is 4. The molecule has 2 aromatic heterocycles. The van der Waals surface area contributed by atoms with Crippen LogP contribution in [0.15, 0.2) is 4.79 Å². The molecule has 2 aromatic rings. The van der Waals surface area contributed by atoms with Gasteiger partial charge in [-0.1, -0.05) is 13.3 Å². The van der Waals surface area contributed by atoms with Gasteiger partial charge < -0.3 is 20.2 Å². The third-order valence-corrected chi connectivity index (χ3v) is 4.61. The van der Waals surface area contributed by atoms with Crippen molar-refractivity contribution in [3.63, 3.8) is 0 Å². The number of fused-ring (bicyclic) bond motifs is 1. The number of aryl methyl sites for hydroxylation is 1. The first-order chi connectivity index (χ1) is 12.2. The molecule has 0 aliphatic carbocycles. The molecule has 3 N–H and O–H groups in total. The second kappa shape index (κ2) is 8.33. The number of hydrogen-bond acceptors (Lipinski definition) is 6. The van der Waals surface area contributed by atoms with Crippen LogP contribution in [0, 0.1) is 5.92 Å². The van der Waals surface area contributed by atoms with Crippen molar-refractivity contribution in [2.24, 2.45) is 5.92 Å². The van der Waals surface area contributed by atoms with E-state index in [0.717, 1.165) is 45.3 Å². The molecular formula is C17H27N5O3. The summed E-state index contributed by atoms with van der Waals surface area (Å²) in [4.78, 5) is 23.5. The Labute approximate surface area is 146 Å². The summed E-state index contributed by atoms with van der Waals surface area (Å²) in [5.41, 5.74) is 6.75. The lowest BCUT2D eigenvalue weighted by molar-refractivity contribution is 0.0505. The number of imidazole rings is 1. The average molecular weight is 349 g/mol. The first-order valence-corrected chi connectivity index (χ1v) is 9.15. The SMILES string of the molecule is CCCCOc1nc(N)c2[nH]c(=O)n(CCCC3CCCOC3)c2n1. The summed E-state index contributed by atoms with van der Waals surface area (Å²) in [6, 6.07) is 0.229. The van der Waals surface area contributed by atoms with Gasteiger partial charge in [0.15, 0.2) is 11.5 Å². The highest BCUT2D eigenvalue weighted by Crippen LogP contribution is 2.21. The van der Waals surface area contributed by atoms with Crippen molar-refractivity contribution in [2.75, 3.05) is 25.6 Å². The topological polar surface area (TPSA) is 108 Å². The van der Waals surface area contributed by atoms with Crippen molar-refractivity contribution in [1.29, 1.82) is 0 Å². The molecule has 3 heterocycles. The van der Waals surface area contributed by atoms with Crippen LogP contribution < -0.4 is 16.2 Å². The lowest BCUT2D eigenvalue weighted by Gasteiger charge is -2.21. The van der Waals surface area contributed by atoms with Crippen molar-refractivity contribution in [3.05, 3.63) is 10.5 Å². The predicted octanol–water partition coefficient (Wildman–Crippen LogP) is 2.09. The highest BCUT2D eigenvalue weighted by atomic mass is 16.5. The molecule has 1 atom stereocenters. The van der Waals surface area contributed by atoms with Gasteiger partial charge >= 0.3 is 11.7 Å². The Morgan fingerprint density at radius 3 is 3.04 bits per heavy atom. The predicted molar refractivity (Wildman–Crippen MR) is 95.7 cm³/mol. The van der Waals surface area contributed by atoms with Gasteiger partial charge in [0.1, 0.15) is 5.52 Å². The number of H-pyrrole nitrogens is 1. The molecule has 8 heteroatoms. The van der Waals surface area contributed by atoms with Crippen molar-refractivity contribution in [1.82, 2.24) is 19.5 Å². The largest absolute Gasteiger partial charge is 0.463 e. The second-order valence-corrected chi connectivity index (χ2v) is 6.60. The fourth-order valence-electron chi connectivity index (χ4n) is 3.18. The summed E-state index contributed by atoms with van der Waals surface area (Å²) in [6.45, 7) is 4.92. The molecule has 1 saturated heterocycles. The summed E-state index contributed by atoms with van der Waals surface area (Å²) in [5, 5.41) is 0. The van der Waals surface area contributed by atoms with Gasteiger partial charge in [0.05, 0.1) is 6.61 Å². The highest BCUT2D eigenvalue weighted by molar-refractivity contribution is 5.81. The van der Waals surface area contributed by atoms with Crippen LogP contribution in [-0.4, -0.2) is 39.3 Å². The molecule has 1 aliphatic heterocycles. The van der Waals surface area contributed by atoms with Crippen molar-refractivity contribution >= 4 is 17.0 Å². The summed E-state index contributed by atoms with van der Waals surface area (Å²) < 4.78 is 12.7. The molecule has 3 rings (SSSR count). The van der Waals surface area contributed by atoms with E-state index in [9.17, 15) is 4.79 Å². The number of nitrogens with one attached hydrogen (secondary N) is 1. The molecule has 8 nitrogen and oxygen atoms in total. The standard InChI is InChI=1S/C17H27N5O3/c1-2-3-10-25-16-20-14(18)13-15(21-16)22(17(23)19-13)8-4-6-12-7-5-9-24-11-12/h12H,2-11H2,1H3,(H,19,23)(H2,18,20,21). The highest BCUT2D eigenvalue weighted by Gasteiger charge is 2.16. The van der Waals surface area contributed by atoms with Gasteiger partial charge in [-0.25, -0.2) is 4.79 Å². The van der Waals surface area contributed by atoms with Gasteiger partial charge in [0, 0.05) is 19.8 Å². The third kappa shape index (κ3) is 4.31. The molecular weight excluding hydrogens is 322 g/mol. The van der Waals surface area contributed by atoms with Crippen molar-refractivity contribution in [2.45, 2.75) is 52.0 Å². The zero-order valence-electron chi connectivity index (χ0n) is 14.8. The molecule has 1 fully saturated rings.